The lowest BCUT2D eigenvalue weighted by Crippen LogP contribution is -2.45. The minimum atomic E-state index is -1.03. The number of carbonyl (C=O) groups excluding carboxylic acids is 4. The Balaban J connectivity index is 1.56. The van der Waals surface area contributed by atoms with Crippen molar-refractivity contribution < 1.29 is 23.9 Å². The third-order valence-electron chi connectivity index (χ3n) is 5.45. The number of ether oxygens (including phenoxy) is 1. The van der Waals surface area contributed by atoms with Gasteiger partial charge in [0.1, 0.15) is 6.04 Å². The van der Waals surface area contributed by atoms with Crippen LogP contribution in [0.4, 0.5) is 5.69 Å². The summed E-state index contributed by atoms with van der Waals surface area (Å²) in [7, 11) is 0. The van der Waals surface area contributed by atoms with Gasteiger partial charge in [-0.05, 0) is 56.9 Å². The van der Waals surface area contributed by atoms with Crippen molar-refractivity contribution in [2.75, 3.05) is 11.9 Å². The van der Waals surface area contributed by atoms with E-state index in [1.807, 2.05) is 32.0 Å². The number of hydrogen-bond acceptors (Lipinski definition) is 5. The van der Waals surface area contributed by atoms with Gasteiger partial charge in [0.15, 0.2) is 6.61 Å². The van der Waals surface area contributed by atoms with E-state index < -0.39 is 24.5 Å². The molecule has 3 amide bonds. The average molecular weight is 386 g/mol. The normalized spacial score (nSPS) is 22.6. The lowest BCUT2D eigenvalue weighted by Gasteiger charge is -2.21. The lowest BCUT2D eigenvalue weighted by atomic mass is 9.81. The van der Waals surface area contributed by atoms with Crippen molar-refractivity contribution in [1.82, 2.24) is 4.90 Å². The van der Waals surface area contributed by atoms with Crippen LogP contribution in [0.5, 0.6) is 0 Å². The maximum absolute atomic E-state index is 12.6. The third-order valence-corrected chi connectivity index (χ3v) is 5.45. The van der Waals surface area contributed by atoms with Crippen molar-refractivity contribution in [3.05, 3.63) is 29.3 Å². The molecule has 7 nitrogen and oxygen atoms in total. The van der Waals surface area contributed by atoms with E-state index in [1.54, 1.807) is 0 Å². The van der Waals surface area contributed by atoms with Gasteiger partial charge in [0.2, 0.25) is 11.8 Å². The van der Waals surface area contributed by atoms with Crippen molar-refractivity contribution in [2.45, 2.75) is 52.5 Å². The Morgan fingerprint density at radius 3 is 2.14 bits per heavy atom. The summed E-state index contributed by atoms with van der Waals surface area (Å²) in [5.74, 6) is -2.44. The molecule has 1 saturated carbocycles. The number of esters is 1. The third kappa shape index (κ3) is 4.08. The van der Waals surface area contributed by atoms with Crippen LogP contribution in [0.15, 0.2) is 18.2 Å². The first-order valence-corrected chi connectivity index (χ1v) is 9.69. The van der Waals surface area contributed by atoms with Crippen molar-refractivity contribution >= 4 is 29.4 Å². The Labute approximate surface area is 164 Å². The van der Waals surface area contributed by atoms with E-state index in [4.69, 9.17) is 4.74 Å². The second-order valence-corrected chi connectivity index (χ2v) is 7.75. The van der Waals surface area contributed by atoms with Crippen LogP contribution in [-0.4, -0.2) is 41.2 Å². The van der Waals surface area contributed by atoms with Crippen LogP contribution in [-0.2, 0) is 23.9 Å². The molecule has 0 bridgehead atoms. The Kier molecular flexibility index (Phi) is 5.82. The number of anilines is 1. The minimum absolute atomic E-state index is 0.293. The standard InChI is InChI=1S/C21H26N2O5/c1-12-8-13(2)10-15(9-12)22-18(24)11-28-21(27)14(3)23-19(25)16-6-4-5-7-17(16)20(23)26/h8-10,14,16-17H,4-7,11H2,1-3H3,(H,22,24)/t14-,16-,17+/m0/s1. The van der Waals surface area contributed by atoms with Gasteiger partial charge in [0.05, 0.1) is 11.8 Å². The zero-order valence-electron chi connectivity index (χ0n) is 16.5. The van der Waals surface area contributed by atoms with E-state index in [2.05, 4.69) is 5.32 Å². The average Bonchev–Trinajstić information content (AvgIpc) is 2.89. The van der Waals surface area contributed by atoms with Crippen LogP contribution >= 0.6 is 0 Å². The number of fused-ring (bicyclic) bond motifs is 1. The van der Waals surface area contributed by atoms with Gasteiger partial charge in [-0.3, -0.25) is 19.3 Å². The predicted molar refractivity (Wildman–Crippen MR) is 102 cm³/mol. The highest BCUT2D eigenvalue weighted by Crippen LogP contribution is 2.38. The molecule has 0 unspecified atom stereocenters. The summed E-state index contributed by atoms with van der Waals surface area (Å²) < 4.78 is 5.06. The van der Waals surface area contributed by atoms with Gasteiger partial charge >= 0.3 is 5.97 Å². The number of imide groups is 1. The number of amides is 3. The summed E-state index contributed by atoms with van der Waals surface area (Å²) in [6, 6.07) is 4.59. The van der Waals surface area contributed by atoms with E-state index in [0.29, 0.717) is 18.5 Å². The first-order valence-electron chi connectivity index (χ1n) is 9.69. The zero-order chi connectivity index (χ0) is 20.4. The van der Waals surface area contributed by atoms with E-state index >= 15 is 0 Å². The van der Waals surface area contributed by atoms with Gasteiger partial charge in [0.25, 0.3) is 5.91 Å². The number of likely N-dealkylation sites (tertiary alicyclic amines) is 1. The molecule has 1 N–H and O–H groups in total. The molecule has 7 heteroatoms. The second kappa shape index (κ2) is 8.12. The first kappa shape index (κ1) is 20.0. The highest BCUT2D eigenvalue weighted by Gasteiger charge is 2.51. The van der Waals surface area contributed by atoms with E-state index in [-0.39, 0.29) is 23.7 Å². The molecular formula is C21H26N2O5. The monoisotopic (exact) mass is 386 g/mol. The summed E-state index contributed by atoms with van der Waals surface area (Å²) in [6.45, 7) is 4.84. The largest absolute Gasteiger partial charge is 0.454 e. The smallest absolute Gasteiger partial charge is 0.329 e. The predicted octanol–water partition coefficient (Wildman–Crippen LogP) is 2.35. The Morgan fingerprint density at radius 1 is 1.07 bits per heavy atom. The molecule has 28 heavy (non-hydrogen) atoms. The molecule has 1 heterocycles. The van der Waals surface area contributed by atoms with Gasteiger partial charge in [-0.25, -0.2) is 4.79 Å². The fourth-order valence-corrected chi connectivity index (χ4v) is 4.18. The van der Waals surface area contributed by atoms with Gasteiger partial charge in [0, 0.05) is 5.69 Å². The number of hydrogen-bond donors (Lipinski definition) is 1. The second-order valence-electron chi connectivity index (χ2n) is 7.75. The van der Waals surface area contributed by atoms with Crippen LogP contribution in [0.1, 0.15) is 43.7 Å². The fraction of sp³-hybridized carbons (Fsp3) is 0.524. The van der Waals surface area contributed by atoms with Gasteiger partial charge in [-0.2, -0.15) is 0 Å². The Hall–Kier alpha value is -2.70. The van der Waals surface area contributed by atoms with Gasteiger partial charge < -0.3 is 10.1 Å². The Morgan fingerprint density at radius 2 is 1.61 bits per heavy atom. The fourth-order valence-electron chi connectivity index (χ4n) is 4.18. The molecule has 1 aliphatic carbocycles. The number of carbonyl (C=O) groups is 4. The summed E-state index contributed by atoms with van der Waals surface area (Å²) in [5, 5.41) is 2.68. The molecule has 2 aliphatic rings. The molecule has 0 aromatic heterocycles. The molecular weight excluding hydrogens is 360 g/mol. The van der Waals surface area contributed by atoms with Gasteiger partial charge in [-0.1, -0.05) is 18.9 Å². The summed E-state index contributed by atoms with van der Waals surface area (Å²) >= 11 is 0. The zero-order valence-corrected chi connectivity index (χ0v) is 16.5. The first-order chi connectivity index (χ1) is 13.3. The van der Waals surface area contributed by atoms with Crippen LogP contribution in [0.2, 0.25) is 0 Å². The maximum Gasteiger partial charge on any atom is 0.329 e. The molecule has 1 aromatic carbocycles. The van der Waals surface area contributed by atoms with Crippen molar-refractivity contribution in [3.8, 4) is 0 Å². The van der Waals surface area contributed by atoms with Crippen LogP contribution < -0.4 is 5.32 Å². The van der Waals surface area contributed by atoms with Crippen LogP contribution in [0.25, 0.3) is 0 Å². The molecule has 3 atom stereocenters. The van der Waals surface area contributed by atoms with E-state index in [9.17, 15) is 19.2 Å². The molecule has 3 rings (SSSR count). The quantitative estimate of drug-likeness (QED) is 0.619. The number of nitrogens with one attached hydrogen (secondary N) is 1. The molecule has 2 fully saturated rings. The molecule has 1 aliphatic heterocycles. The highest BCUT2D eigenvalue weighted by molar-refractivity contribution is 6.08. The number of aryl methyl sites for hydroxylation is 2. The van der Waals surface area contributed by atoms with Gasteiger partial charge in [-0.15, -0.1) is 0 Å². The SMILES string of the molecule is Cc1cc(C)cc(NC(=O)COC(=O)[C@H](C)N2C(=O)[C@H]3CCCC[C@H]3C2=O)c1. The summed E-state index contributed by atoms with van der Waals surface area (Å²) in [5.41, 5.74) is 2.64. The van der Waals surface area contributed by atoms with Crippen molar-refractivity contribution in [3.63, 3.8) is 0 Å². The molecule has 1 saturated heterocycles. The molecule has 0 radical (unpaired) electrons. The van der Waals surface area contributed by atoms with Crippen molar-refractivity contribution in [2.24, 2.45) is 11.8 Å². The maximum atomic E-state index is 12.6. The topological polar surface area (TPSA) is 92.8 Å². The summed E-state index contributed by atoms with van der Waals surface area (Å²) in [6.07, 6.45) is 3.22. The number of nitrogens with zero attached hydrogens (tertiary/aromatic N) is 1. The summed E-state index contributed by atoms with van der Waals surface area (Å²) in [4.78, 5) is 50.6. The number of rotatable bonds is 5. The highest BCUT2D eigenvalue weighted by atomic mass is 16.5. The number of benzene rings is 1. The lowest BCUT2D eigenvalue weighted by molar-refractivity contribution is -0.159. The Bertz CT molecular complexity index is 775. The van der Waals surface area contributed by atoms with Crippen LogP contribution in [0.3, 0.4) is 0 Å². The van der Waals surface area contributed by atoms with E-state index in [0.717, 1.165) is 28.9 Å². The molecule has 1 aromatic rings. The van der Waals surface area contributed by atoms with E-state index in [1.165, 1.54) is 6.92 Å². The van der Waals surface area contributed by atoms with Crippen LogP contribution in [0, 0.1) is 25.7 Å². The minimum Gasteiger partial charge on any atom is -0.454 e. The molecule has 0 spiro atoms. The molecule has 150 valence electrons. The van der Waals surface area contributed by atoms with Crippen molar-refractivity contribution in [1.29, 1.82) is 0 Å².